The van der Waals surface area contributed by atoms with Crippen LogP contribution in [0.3, 0.4) is 0 Å². The zero-order valence-electron chi connectivity index (χ0n) is 20.8. The highest BCUT2D eigenvalue weighted by atomic mass is 79.9. The fourth-order valence-electron chi connectivity index (χ4n) is 5.57. The number of halogens is 1. The standard InChI is InChI=1S/C33H33BrO2/c1-33(28-14-16-29(17-15-28)35-22-8-21-34)31(26-11-6-3-7-12-26)19-13-27-23-30(18-20-32(27)33)36-24-25-9-4-2-5-10-25/h2-7,9-12,14-18,20,23,31H,8,13,19,21-22,24H2,1H3/t31-,33-/m1/s1. The van der Waals surface area contributed by atoms with E-state index in [0.717, 1.165) is 42.7 Å². The Bertz CT molecular complexity index is 1250. The maximum Gasteiger partial charge on any atom is 0.120 e. The zero-order valence-corrected chi connectivity index (χ0v) is 22.4. The minimum absolute atomic E-state index is 0.152. The van der Waals surface area contributed by atoms with Gasteiger partial charge in [-0.2, -0.15) is 0 Å². The molecule has 0 spiro atoms. The van der Waals surface area contributed by atoms with Gasteiger partial charge in [-0.15, -0.1) is 0 Å². The normalized spacial score (nSPS) is 18.9. The van der Waals surface area contributed by atoms with Crippen molar-refractivity contribution in [3.05, 3.63) is 131 Å². The molecule has 0 aliphatic heterocycles. The van der Waals surface area contributed by atoms with E-state index in [2.05, 4.69) is 120 Å². The maximum atomic E-state index is 6.19. The van der Waals surface area contributed by atoms with E-state index in [4.69, 9.17) is 9.47 Å². The lowest BCUT2D eigenvalue weighted by Gasteiger charge is -2.44. The van der Waals surface area contributed by atoms with E-state index in [1.54, 1.807) is 0 Å². The molecule has 184 valence electrons. The summed E-state index contributed by atoms with van der Waals surface area (Å²) >= 11 is 3.48. The Balaban J connectivity index is 1.48. The van der Waals surface area contributed by atoms with Crippen LogP contribution in [0.1, 0.15) is 53.5 Å². The van der Waals surface area contributed by atoms with Crippen LogP contribution in [0.25, 0.3) is 0 Å². The second kappa shape index (κ2) is 11.3. The predicted molar refractivity (Wildman–Crippen MR) is 152 cm³/mol. The first-order chi connectivity index (χ1) is 17.7. The zero-order chi connectivity index (χ0) is 24.8. The number of rotatable bonds is 9. The molecule has 0 fully saturated rings. The fraction of sp³-hybridized carbons (Fsp3) is 0.273. The summed E-state index contributed by atoms with van der Waals surface area (Å²) in [5, 5.41) is 0.954. The molecule has 0 amide bonds. The third-order valence-electron chi connectivity index (χ3n) is 7.49. The molecule has 0 heterocycles. The first-order valence-electron chi connectivity index (χ1n) is 12.8. The van der Waals surface area contributed by atoms with Crippen LogP contribution in [-0.2, 0) is 18.4 Å². The number of aryl methyl sites for hydroxylation is 1. The molecule has 0 N–H and O–H groups in total. The Hall–Kier alpha value is -3.04. The van der Waals surface area contributed by atoms with Crippen molar-refractivity contribution < 1.29 is 9.47 Å². The van der Waals surface area contributed by atoms with Crippen molar-refractivity contribution in [2.24, 2.45) is 0 Å². The summed E-state index contributed by atoms with van der Waals surface area (Å²) < 4.78 is 12.1. The molecule has 0 radical (unpaired) electrons. The average Bonchev–Trinajstić information content (AvgIpc) is 2.93. The van der Waals surface area contributed by atoms with Crippen LogP contribution in [0.5, 0.6) is 11.5 Å². The third kappa shape index (κ3) is 5.22. The highest BCUT2D eigenvalue weighted by Gasteiger charge is 2.42. The van der Waals surface area contributed by atoms with E-state index >= 15 is 0 Å². The molecule has 0 bridgehead atoms. The Morgan fingerprint density at radius 3 is 2.22 bits per heavy atom. The molecule has 4 aromatic rings. The predicted octanol–water partition coefficient (Wildman–Crippen LogP) is 8.47. The monoisotopic (exact) mass is 540 g/mol. The first-order valence-corrected chi connectivity index (χ1v) is 13.9. The summed E-state index contributed by atoms with van der Waals surface area (Å²) in [7, 11) is 0. The average molecular weight is 542 g/mol. The van der Waals surface area contributed by atoms with E-state index in [1.165, 1.54) is 27.8 Å². The van der Waals surface area contributed by atoms with Crippen molar-refractivity contribution in [1.29, 1.82) is 0 Å². The fourth-order valence-corrected chi connectivity index (χ4v) is 5.80. The van der Waals surface area contributed by atoms with Gasteiger partial charge >= 0.3 is 0 Å². The molecule has 0 unspecified atom stereocenters. The second-order valence-electron chi connectivity index (χ2n) is 9.71. The summed E-state index contributed by atoms with van der Waals surface area (Å²) in [6.45, 7) is 3.72. The summed E-state index contributed by atoms with van der Waals surface area (Å²) in [6.07, 6.45) is 3.14. The van der Waals surface area contributed by atoms with Crippen LogP contribution in [0.15, 0.2) is 103 Å². The van der Waals surface area contributed by atoms with Gasteiger partial charge in [0.15, 0.2) is 0 Å². The Morgan fingerprint density at radius 2 is 1.50 bits per heavy atom. The smallest absolute Gasteiger partial charge is 0.120 e. The molecule has 1 aliphatic rings. The molecular weight excluding hydrogens is 508 g/mol. The van der Waals surface area contributed by atoms with Gasteiger partial charge < -0.3 is 9.47 Å². The lowest BCUT2D eigenvalue weighted by molar-refractivity contribution is 0.304. The number of hydrogen-bond donors (Lipinski definition) is 0. The highest BCUT2D eigenvalue weighted by molar-refractivity contribution is 9.09. The van der Waals surface area contributed by atoms with Gasteiger partial charge in [-0.1, -0.05) is 102 Å². The van der Waals surface area contributed by atoms with Crippen molar-refractivity contribution in [1.82, 2.24) is 0 Å². The second-order valence-corrected chi connectivity index (χ2v) is 10.5. The van der Waals surface area contributed by atoms with Crippen molar-refractivity contribution in [3.63, 3.8) is 0 Å². The van der Waals surface area contributed by atoms with Crippen LogP contribution in [0, 0.1) is 0 Å². The summed E-state index contributed by atoms with van der Waals surface area (Å²) in [4.78, 5) is 0. The largest absolute Gasteiger partial charge is 0.494 e. The molecule has 0 saturated heterocycles. The molecule has 0 saturated carbocycles. The Labute approximate surface area is 223 Å². The molecule has 1 aliphatic carbocycles. The highest BCUT2D eigenvalue weighted by Crippen LogP contribution is 2.51. The molecular formula is C33H33BrO2. The molecule has 5 rings (SSSR count). The van der Waals surface area contributed by atoms with E-state index in [9.17, 15) is 0 Å². The van der Waals surface area contributed by atoms with Crippen LogP contribution in [-0.4, -0.2) is 11.9 Å². The molecule has 2 nitrogen and oxygen atoms in total. The molecule has 2 atom stereocenters. The molecule has 0 aromatic heterocycles. The van der Waals surface area contributed by atoms with Crippen LogP contribution >= 0.6 is 15.9 Å². The summed E-state index contributed by atoms with van der Waals surface area (Å²) in [5.41, 5.74) is 6.52. The lowest BCUT2D eigenvalue weighted by Crippen LogP contribution is -2.36. The van der Waals surface area contributed by atoms with Crippen LogP contribution in [0.4, 0.5) is 0 Å². The van der Waals surface area contributed by atoms with Gasteiger partial charge in [0.1, 0.15) is 18.1 Å². The number of alkyl halides is 1. The molecule has 36 heavy (non-hydrogen) atoms. The van der Waals surface area contributed by atoms with Gasteiger partial charge in [-0.05, 0) is 77.3 Å². The molecule has 4 aromatic carbocycles. The Kier molecular flexibility index (Phi) is 7.77. The van der Waals surface area contributed by atoms with Crippen LogP contribution in [0.2, 0.25) is 0 Å². The summed E-state index contributed by atoms with van der Waals surface area (Å²) in [5.74, 6) is 2.26. The van der Waals surface area contributed by atoms with E-state index in [1.807, 2.05) is 6.07 Å². The number of benzene rings is 4. The van der Waals surface area contributed by atoms with E-state index in [-0.39, 0.29) is 5.41 Å². The number of ether oxygens (including phenoxy) is 2. The SMILES string of the molecule is C[C@]1(c2ccc(OCCCBr)cc2)c2ccc(OCc3ccccc3)cc2CC[C@@H]1c1ccccc1. The van der Waals surface area contributed by atoms with Gasteiger partial charge in [-0.25, -0.2) is 0 Å². The Morgan fingerprint density at radius 1 is 0.806 bits per heavy atom. The number of fused-ring (bicyclic) bond motifs is 1. The first kappa shape index (κ1) is 24.6. The quantitative estimate of drug-likeness (QED) is 0.156. The van der Waals surface area contributed by atoms with Crippen molar-refractivity contribution in [3.8, 4) is 11.5 Å². The van der Waals surface area contributed by atoms with Gasteiger partial charge in [0.2, 0.25) is 0 Å². The van der Waals surface area contributed by atoms with E-state index < -0.39 is 0 Å². The minimum atomic E-state index is -0.152. The maximum absolute atomic E-state index is 6.19. The number of hydrogen-bond acceptors (Lipinski definition) is 2. The van der Waals surface area contributed by atoms with Gasteiger partial charge in [-0.3, -0.25) is 0 Å². The molecule has 3 heteroatoms. The van der Waals surface area contributed by atoms with Crippen LogP contribution < -0.4 is 9.47 Å². The minimum Gasteiger partial charge on any atom is -0.494 e. The van der Waals surface area contributed by atoms with Gasteiger partial charge in [0, 0.05) is 10.7 Å². The third-order valence-corrected chi connectivity index (χ3v) is 8.05. The van der Waals surface area contributed by atoms with Crippen molar-refractivity contribution >= 4 is 15.9 Å². The van der Waals surface area contributed by atoms with Gasteiger partial charge in [0.25, 0.3) is 0 Å². The van der Waals surface area contributed by atoms with Gasteiger partial charge in [0.05, 0.1) is 6.61 Å². The van der Waals surface area contributed by atoms with E-state index in [0.29, 0.717) is 12.5 Å². The topological polar surface area (TPSA) is 18.5 Å². The summed E-state index contributed by atoms with van der Waals surface area (Å²) in [6, 6.07) is 36.8. The lowest BCUT2D eigenvalue weighted by atomic mass is 9.59. The van der Waals surface area contributed by atoms with Crippen molar-refractivity contribution in [2.45, 2.75) is 44.1 Å². The van der Waals surface area contributed by atoms with Crippen molar-refractivity contribution in [2.75, 3.05) is 11.9 Å².